The number of aliphatic hydroxyl groups excluding tert-OH is 1. The fourth-order valence-electron chi connectivity index (χ4n) is 3.96. The van der Waals surface area contributed by atoms with E-state index in [1.54, 1.807) is 11.0 Å². The lowest BCUT2D eigenvalue weighted by Crippen LogP contribution is -2.44. The van der Waals surface area contributed by atoms with Crippen molar-refractivity contribution >= 4 is 27.0 Å². The zero-order valence-corrected chi connectivity index (χ0v) is 20.2. The molecule has 2 N–H and O–H groups in total. The number of morpholine rings is 1. The number of carbonyl (C=O) groups excluding carboxylic acids is 1. The van der Waals surface area contributed by atoms with Crippen LogP contribution in [0.1, 0.15) is 21.5 Å². The average Bonchev–Trinajstić information content (AvgIpc) is 2.82. The predicted octanol–water partition coefficient (Wildman–Crippen LogP) is 1.87. The average molecular weight is 485 g/mol. The molecule has 2 aliphatic rings. The van der Waals surface area contributed by atoms with Crippen LogP contribution in [-0.2, 0) is 14.6 Å². The molecule has 2 aliphatic heterocycles. The van der Waals surface area contributed by atoms with Crippen LogP contribution in [0.2, 0.25) is 0 Å². The monoisotopic (exact) mass is 484 g/mol. The molecule has 1 atom stereocenters. The fourth-order valence-corrected chi connectivity index (χ4v) is 4.55. The van der Waals surface area contributed by atoms with E-state index in [1.807, 2.05) is 38.4 Å². The van der Waals surface area contributed by atoms with E-state index in [2.05, 4.69) is 15.2 Å². The summed E-state index contributed by atoms with van der Waals surface area (Å²) in [5, 5.41) is 13.4. The highest BCUT2D eigenvalue weighted by Gasteiger charge is 2.26. The standard InChI is InChI=1S/C24H28N4O5S/c1-16-4-5-19(26-23(29)17-6-7-25-22(13-17)34(3,31)32)14-20(16)18-12-21(24(30)27(2)15-18)28-8-10-33-11-9-28/h4-7,12-15,24,30H,8-11H2,1-3H3,(H,26,29). The number of allylic oxidation sites excluding steroid dienone is 2. The summed E-state index contributed by atoms with van der Waals surface area (Å²) in [5.41, 5.74) is 4.41. The Bertz CT molecular complexity index is 1270. The first-order chi connectivity index (χ1) is 16.1. The summed E-state index contributed by atoms with van der Waals surface area (Å²) >= 11 is 0. The second-order valence-electron chi connectivity index (χ2n) is 8.43. The Balaban J connectivity index is 1.61. The van der Waals surface area contributed by atoms with Crippen molar-refractivity contribution < 1.29 is 23.1 Å². The molecule has 3 heterocycles. The van der Waals surface area contributed by atoms with Crippen LogP contribution in [0, 0.1) is 6.92 Å². The summed E-state index contributed by atoms with van der Waals surface area (Å²) in [4.78, 5) is 20.5. The lowest BCUT2D eigenvalue weighted by atomic mass is 9.97. The van der Waals surface area contributed by atoms with E-state index in [1.165, 1.54) is 18.3 Å². The zero-order valence-electron chi connectivity index (χ0n) is 19.4. The van der Waals surface area contributed by atoms with Gasteiger partial charge < -0.3 is 25.0 Å². The minimum Gasteiger partial charge on any atom is -0.378 e. The quantitative estimate of drug-likeness (QED) is 0.662. The van der Waals surface area contributed by atoms with E-state index in [9.17, 15) is 18.3 Å². The molecule has 2 aromatic rings. The van der Waals surface area contributed by atoms with Gasteiger partial charge in [-0.2, -0.15) is 0 Å². The highest BCUT2D eigenvalue weighted by Crippen LogP contribution is 2.31. The Morgan fingerprint density at radius 1 is 1.21 bits per heavy atom. The molecule has 0 bridgehead atoms. The number of hydrogen-bond acceptors (Lipinski definition) is 8. The molecule has 34 heavy (non-hydrogen) atoms. The Labute approximate surface area is 199 Å². The number of nitrogens with zero attached hydrogens (tertiary/aromatic N) is 3. The third-order valence-electron chi connectivity index (χ3n) is 5.86. The van der Waals surface area contributed by atoms with Gasteiger partial charge in [0.15, 0.2) is 21.1 Å². The number of sulfone groups is 1. The molecule has 180 valence electrons. The summed E-state index contributed by atoms with van der Waals surface area (Å²) in [7, 11) is -1.70. The van der Waals surface area contributed by atoms with Crippen LogP contribution in [0.25, 0.3) is 5.57 Å². The number of nitrogens with one attached hydrogen (secondary N) is 1. The first kappa shape index (κ1) is 23.9. The second kappa shape index (κ2) is 9.57. The van der Waals surface area contributed by atoms with Crippen LogP contribution in [0.15, 0.2) is 59.5 Å². The van der Waals surface area contributed by atoms with Gasteiger partial charge in [-0.1, -0.05) is 6.07 Å². The lowest BCUT2D eigenvalue weighted by Gasteiger charge is -2.38. The molecule has 0 spiro atoms. The summed E-state index contributed by atoms with van der Waals surface area (Å²) in [6, 6.07) is 8.31. The van der Waals surface area contributed by atoms with Crippen molar-refractivity contribution in [3.63, 3.8) is 0 Å². The summed E-state index contributed by atoms with van der Waals surface area (Å²) in [5.74, 6) is -0.434. The van der Waals surface area contributed by atoms with E-state index < -0.39 is 22.0 Å². The largest absolute Gasteiger partial charge is 0.378 e. The van der Waals surface area contributed by atoms with Gasteiger partial charge in [-0.25, -0.2) is 13.4 Å². The molecule has 4 rings (SSSR count). The van der Waals surface area contributed by atoms with Crippen LogP contribution in [0.5, 0.6) is 0 Å². The maximum atomic E-state index is 12.8. The molecule has 1 aromatic heterocycles. The molecular formula is C24H28N4O5S. The van der Waals surface area contributed by atoms with Gasteiger partial charge in [-0.15, -0.1) is 0 Å². The van der Waals surface area contributed by atoms with E-state index in [0.29, 0.717) is 32.0 Å². The van der Waals surface area contributed by atoms with Crippen LogP contribution in [0.4, 0.5) is 5.69 Å². The number of aryl methyl sites for hydroxylation is 1. The molecule has 0 radical (unpaired) electrons. The Morgan fingerprint density at radius 2 is 1.94 bits per heavy atom. The topological polar surface area (TPSA) is 112 Å². The maximum Gasteiger partial charge on any atom is 0.255 e. The molecule has 1 unspecified atom stereocenters. The van der Waals surface area contributed by atoms with Crippen LogP contribution < -0.4 is 5.32 Å². The number of benzene rings is 1. The first-order valence-corrected chi connectivity index (χ1v) is 12.8. The second-order valence-corrected chi connectivity index (χ2v) is 10.4. The van der Waals surface area contributed by atoms with Gasteiger partial charge in [-0.3, -0.25) is 4.79 Å². The zero-order chi connectivity index (χ0) is 24.5. The molecule has 10 heteroatoms. The van der Waals surface area contributed by atoms with Gasteiger partial charge >= 0.3 is 0 Å². The van der Waals surface area contributed by atoms with E-state index in [-0.39, 0.29) is 10.6 Å². The molecule has 9 nitrogen and oxygen atoms in total. The number of ether oxygens (including phenoxy) is 1. The summed E-state index contributed by atoms with van der Waals surface area (Å²) in [6.07, 6.45) is 5.46. The van der Waals surface area contributed by atoms with Gasteiger partial charge in [0.05, 0.1) is 18.9 Å². The third-order valence-corrected chi connectivity index (χ3v) is 6.84. The van der Waals surface area contributed by atoms with Crippen LogP contribution in [-0.4, -0.2) is 80.0 Å². The van der Waals surface area contributed by atoms with Gasteiger partial charge in [-0.05, 0) is 54.0 Å². The van der Waals surface area contributed by atoms with Crippen molar-refractivity contribution in [2.45, 2.75) is 18.2 Å². The van der Waals surface area contributed by atoms with Crippen LogP contribution >= 0.6 is 0 Å². The minimum atomic E-state index is -3.52. The van der Waals surface area contributed by atoms with Gasteiger partial charge in [0, 0.05) is 50.0 Å². The smallest absolute Gasteiger partial charge is 0.255 e. The number of hydrogen-bond donors (Lipinski definition) is 2. The predicted molar refractivity (Wildman–Crippen MR) is 129 cm³/mol. The van der Waals surface area contributed by atoms with Gasteiger partial charge in [0.25, 0.3) is 5.91 Å². The normalized spacial score (nSPS) is 18.9. The van der Waals surface area contributed by atoms with Gasteiger partial charge in [0.1, 0.15) is 0 Å². The van der Waals surface area contributed by atoms with Crippen LogP contribution in [0.3, 0.4) is 0 Å². The number of carbonyl (C=O) groups is 1. The van der Waals surface area contributed by atoms with Crippen molar-refractivity contribution in [2.75, 3.05) is 44.9 Å². The van der Waals surface area contributed by atoms with Gasteiger partial charge in [0.2, 0.25) is 0 Å². The summed E-state index contributed by atoms with van der Waals surface area (Å²) < 4.78 is 29.0. The Kier molecular flexibility index (Phi) is 6.74. The summed E-state index contributed by atoms with van der Waals surface area (Å²) in [6.45, 7) is 4.63. The van der Waals surface area contributed by atoms with Crippen molar-refractivity contribution in [2.24, 2.45) is 0 Å². The number of pyridine rings is 1. The van der Waals surface area contributed by atoms with Crippen molar-refractivity contribution in [3.8, 4) is 0 Å². The molecule has 1 aromatic carbocycles. The Hall–Kier alpha value is -3.21. The Morgan fingerprint density at radius 3 is 2.65 bits per heavy atom. The third kappa shape index (κ3) is 5.14. The number of rotatable bonds is 5. The number of anilines is 1. The van der Waals surface area contributed by atoms with E-state index in [0.717, 1.165) is 28.7 Å². The van der Waals surface area contributed by atoms with Crippen molar-refractivity contribution in [1.29, 1.82) is 0 Å². The first-order valence-electron chi connectivity index (χ1n) is 10.9. The molecule has 1 amide bonds. The molecule has 0 aliphatic carbocycles. The molecule has 1 saturated heterocycles. The fraction of sp³-hybridized carbons (Fsp3) is 0.333. The number of aromatic nitrogens is 1. The molecule has 0 saturated carbocycles. The van der Waals surface area contributed by atoms with E-state index >= 15 is 0 Å². The van der Waals surface area contributed by atoms with E-state index in [4.69, 9.17) is 4.74 Å². The minimum absolute atomic E-state index is 0.153. The number of amides is 1. The number of likely N-dealkylation sites (N-methyl/N-ethyl adjacent to an activating group) is 1. The molecular weight excluding hydrogens is 456 g/mol. The maximum absolute atomic E-state index is 12.8. The SMILES string of the molecule is Cc1ccc(NC(=O)c2ccnc(S(C)(=O)=O)c2)cc1C1=CN(C)C(O)C(N2CCOCC2)=C1. The molecule has 1 fully saturated rings. The van der Waals surface area contributed by atoms with Crippen molar-refractivity contribution in [3.05, 3.63) is 71.2 Å². The highest BCUT2D eigenvalue weighted by atomic mass is 32.2. The van der Waals surface area contributed by atoms with Crippen molar-refractivity contribution in [1.82, 2.24) is 14.8 Å². The number of aliphatic hydroxyl groups is 1. The lowest BCUT2D eigenvalue weighted by molar-refractivity contribution is 0.0128. The highest BCUT2D eigenvalue weighted by molar-refractivity contribution is 7.90.